The first-order valence-electron chi connectivity index (χ1n) is 5.24. The summed E-state index contributed by atoms with van der Waals surface area (Å²) in [5.41, 5.74) is 1.93. The number of thiophene rings is 1. The number of nitrogens with one attached hydrogen (secondary N) is 1. The summed E-state index contributed by atoms with van der Waals surface area (Å²) in [5.74, 6) is 0. The number of rotatable bonds is 8. The van der Waals surface area contributed by atoms with E-state index in [4.69, 9.17) is 4.74 Å². The van der Waals surface area contributed by atoms with E-state index in [9.17, 15) is 10.1 Å². The second kappa shape index (κ2) is 7.16. The summed E-state index contributed by atoms with van der Waals surface area (Å²) in [5, 5.41) is 15.6. The van der Waals surface area contributed by atoms with Gasteiger partial charge in [-0.1, -0.05) is 23.5 Å². The van der Waals surface area contributed by atoms with Crippen LogP contribution in [0.5, 0.6) is 0 Å². The molecular formula is C11H16N2O3S. The molecule has 0 radical (unpaired) electrons. The van der Waals surface area contributed by atoms with Gasteiger partial charge in [-0.2, -0.15) is 0 Å². The number of nitrogens with zero attached hydrogens (tertiary/aromatic N) is 1. The summed E-state index contributed by atoms with van der Waals surface area (Å²) in [4.78, 5) is 10.1. The highest BCUT2D eigenvalue weighted by Crippen LogP contribution is 2.22. The Labute approximate surface area is 104 Å². The Balaban J connectivity index is 2.13. The number of hydrogen-bond donors (Lipinski definition) is 1. The molecule has 5 nitrogen and oxygen atoms in total. The zero-order valence-corrected chi connectivity index (χ0v) is 10.6. The quantitative estimate of drug-likeness (QED) is 0.335. The van der Waals surface area contributed by atoms with Crippen LogP contribution < -0.4 is 5.32 Å². The third-order valence-electron chi connectivity index (χ3n) is 1.92. The zero-order valence-electron chi connectivity index (χ0n) is 9.77. The van der Waals surface area contributed by atoms with Crippen molar-refractivity contribution in [2.45, 2.75) is 13.5 Å². The first-order valence-corrected chi connectivity index (χ1v) is 6.12. The molecule has 0 fully saturated rings. The highest BCUT2D eigenvalue weighted by Gasteiger charge is 2.08. The van der Waals surface area contributed by atoms with Crippen molar-refractivity contribution >= 4 is 16.3 Å². The molecule has 1 aromatic rings. The predicted molar refractivity (Wildman–Crippen MR) is 68.3 cm³/mol. The van der Waals surface area contributed by atoms with Crippen molar-refractivity contribution in [2.75, 3.05) is 19.8 Å². The van der Waals surface area contributed by atoms with E-state index >= 15 is 0 Å². The largest absolute Gasteiger partial charge is 0.376 e. The van der Waals surface area contributed by atoms with Crippen LogP contribution in [0.25, 0.3) is 0 Å². The van der Waals surface area contributed by atoms with Crippen LogP contribution in [0.1, 0.15) is 12.5 Å². The summed E-state index contributed by atoms with van der Waals surface area (Å²) >= 11 is 1.15. The molecule has 1 aromatic heterocycles. The van der Waals surface area contributed by atoms with E-state index in [-0.39, 0.29) is 9.92 Å². The minimum Gasteiger partial charge on any atom is -0.376 e. The maximum absolute atomic E-state index is 10.5. The van der Waals surface area contributed by atoms with Gasteiger partial charge in [0.1, 0.15) is 0 Å². The van der Waals surface area contributed by atoms with Crippen molar-refractivity contribution in [3.05, 3.63) is 39.3 Å². The summed E-state index contributed by atoms with van der Waals surface area (Å²) in [6, 6.07) is 1.59. The Bertz CT molecular complexity index is 390. The van der Waals surface area contributed by atoms with E-state index in [1.165, 1.54) is 0 Å². The molecule has 17 heavy (non-hydrogen) atoms. The first kappa shape index (κ1) is 13.8. The molecule has 0 saturated heterocycles. The molecule has 1 rings (SSSR count). The highest BCUT2D eigenvalue weighted by atomic mass is 32.1. The number of nitro groups is 1. The van der Waals surface area contributed by atoms with Gasteiger partial charge in [0.2, 0.25) is 0 Å². The summed E-state index contributed by atoms with van der Waals surface area (Å²) in [6.45, 7) is 8.18. The Hall–Kier alpha value is -1.24. The van der Waals surface area contributed by atoms with Gasteiger partial charge in [-0.25, -0.2) is 0 Å². The fraction of sp³-hybridized carbons (Fsp3) is 0.455. The Morgan fingerprint density at radius 3 is 3.06 bits per heavy atom. The van der Waals surface area contributed by atoms with Crippen LogP contribution in [0, 0.1) is 10.1 Å². The molecule has 0 aliphatic carbocycles. The molecule has 1 N–H and O–H groups in total. The molecule has 0 aliphatic heterocycles. The molecule has 0 bridgehead atoms. The highest BCUT2D eigenvalue weighted by molar-refractivity contribution is 7.13. The lowest BCUT2D eigenvalue weighted by Crippen LogP contribution is -2.19. The topological polar surface area (TPSA) is 64.4 Å². The maximum Gasteiger partial charge on any atom is 0.324 e. The van der Waals surface area contributed by atoms with E-state index in [1.54, 1.807) is 11.4 Å². The van der Waals surface area contributed by atoms with Crippen LogP contribution >= 0.6 is 11.3 Å². The summed E-state index contributed by atoms with van der Waals surface area (Å²) < 4.78 is 5.31. The lowest BCUT2D eigenvalue weighted by atomic mass is 10.3. The zero-order chi connectivity index (χ0) is 12.7. The van der Waals surface area contributed by atoms with Gasteiger partial charge in [-0.3, -0.25) is 10.1 Å². The molecule has 6 heteroatoms. The molecule has 94 valence electrons. The Morgan fingerprint density at radius 2 is 2.47 bits per heavy atom. The molecule has 0 aromatic carbocycles. The van der Waals surface area contributed by atoms with Crippen molar-refractivity contribution in [3.8, 4) is 0 Å². The second-order valence-corrected chi connectivity index (χ2v) is 4.63. The second-order valence-electron chi connectivity index (χ2n) is 3.74. The molecule has 0 aliphatic rings. The standard InChI is InChI=1S/C11H16N2O3S/c1-9(2)7-16-4-3-12-6-10-5-11(13(14)15)17-8-10/h5,8,12H,1,3-4,6-7H2,2H3. The van der Waals surface area contributed by atoms with Crippen LogP contribution in [0.3, 0.4) is 0 Å². The molecule has 0 saturated carbocycles. The monoisotopic (exact) mass is 256 g/mol. The fourth-order valence-corrected chi connectivity index (χ4v) is 1.90. The van der Waals surface area contributed by atoms with E-state index in [0.29, 0.717) is 19.8 Å². The van der Waals surface area contributed by atoms with Crippen LogP contribution in [-0.2, 0) is 11.3 Å². The van der Waals surface area contributed by atoms with Gasteiger partial charge in [0.05, 0.1) is 18.1 Å². The third kappa shape index (κ3) is 5.58. The molecule has 1 heterocycles. The van der Waals surface area contributed by atoms with Crippen LogP contribution in [-0.4, -0.2) is 24.7 Å². The van der Waals surface area contributed by atoms with Gasteiger partial charge in [0.15, 0.2) is 0 Å². The Kier molecular flexibility index (Phi) is 5.82. The van der Waals surface area contributed by atoms with Gasteiger partial charge in [-0.05, 0) is 12.5 Å². The minimum atomic E-state index is -0.371. The lowest BCUT2D eigenvalue weighted by Gasteiger charge is -2.04. The molecule has 0 spiro atoms. The van der Waals surface area contributed by atoms with Gasteiger partial charge in [-0.15, -0.1) is 0 Å². The summed E-state index contributed by atoms with van der Waals surface area (Å²) in [6.07, 6.45) is 0. The van der Waals surface area contributed by atoms with Crippen molar-refractivity contribution in [1.82, 2.24) is 5.32 Å². The van der Waals surface area contributed by atoms with Crippen molar-refractivity contribution in [2.24, 2.45) is 0 Å². The average molecular weight is 256 g/mol. The lowest BCUT2D eigenvalue weighted by molar-refractivity contribution is -0.380. The van der Waals surface area contributed by atoms with E-state index in [0.717, 1.165) is 29.0 Å². The Morgan fingerprint density at radius 1 is 1.71 bits per heavy atom. The molecule has 0 amide bonds. The SMILES string of the molecule is C=C(C)COCCNCc1csc([N+](=O)[O-])c1. The summed E-state index contributed by atoms with van der Waals surface area (Å²) in [7, 11) is 0. The van der Waals surface area contributed by atoms with Gasteiger partial charge in [0, 0.05) is 24.5 Å². The van der Waals surface area contributed by atoms with Gasteiger partial charge < -0.3 is 10.1 Å². The fourth-order valence-electron chi connectivity index (χ4n) is 1.17. The van der Waals surface area contributed by atoms with E-state index in [1.807, 2.05) is 6.92 Å². The first-order chi connectivity index (χ1) is 8.09. The molecule has 0 unspecified atom stereocenters. The van der Waals surface area contributed by atoms with Crippen molar-refractivity contribution in [3.63, 3.8) is 0 Å². The van der Waals surface area contributed by atoms with Crippen LogP contribution in [0.15, 0.2) is 23.6 Å². The number of ether oxygens (including phenoxy) is 1. The van der Waals surface area contributed by atoms with Crippen LogP contribution in [0.2, 0.25) is 0 Å². The van der Waals surface area contributed by atoms with E-state index in [2.05, 4.69) is 11.9 Å². The van der Waals surface area contributed by atoms with Crippen molar-refractivity contribution < 1.29 is 9.66 Å². The smallest absolute Gasteiger partial charge is 0.324 e. The third-order valence-corrected chi connectivity index (χ3v) is 2.85. The predicted octanol–water partition coefficient (Wildman–Crippen LogP) is 2.34. The maximum atomic E-state index is 10.5. The minimum absolute atomic E-state index is 0.181. The van der Waals surface area contributed by atoms with Crippen LogP contribution in [0.4, 0.5) is 5.00 Å². The molecular weight excluding hydrogens is 240 g/mol. The molecule has 0 atom stereocenters. The van der Waals surface area contributed by atoms with Crippen molar-refractivity contribution in [1.29, 1.82) is 0 Å². The van der Waals surface area contributed by atoms with Gasteiger partial charge in [0.25, 0.3) is 0 Å². The number of hydrogen-bond acceptors (Lipinski definition) is 5. The average Bonchev–Trinajstić information content (AvgIpc) is 2.71. The van der Waals surface area contributed by atoms with E-state index < -0.39 is 0 Å². The van der Waals surface area contributed by atoms with Gasteiger partial charge >= 0.3 is 5.00 Å². The normalized spacial score (nSPS) is 10.4.